The molecule has 0 amide bonds. The van der Waals surface area contributed by atoms with E-state index in [0.717, 1.165) is 48.3 Å². The van der Waals surface area contributed by atoms with Gasteiger partial charge in [0.15, 0.2) is 0 Å². The minimum Gasteiger partial charge on any atom is -0.227 e. The van der Waals surface area contributed by atoms with Crippen molar-refractivity contribution in [3.05, 3.63) is 18.5 Å². The second-order valence-corrected chi connectivity index (χ2v) is 16.6. The molecule has 4 nitrogen and oxygen atoms in total. The Balaban J connectivity index is 1.24. The van der Waals surface area contributed by atoms with Crippen LogP contribution >= 0.6 is 0 Å². The third-order valence-electron chi connectivity index (χ3n) is 12.3. The van der Waals surface area contributed by atoms with E-state index < -0.39 is 9.84 Å². The maximum atomic E-state index is 13.0. The molecule has 1 aromatic rings. The lowest BCUT2D eigenvalue weighted by atomic mass is 9.44. The highest BCUT2D eigenvalue weighted by atomic mass is 32.2. The topological polar surface area (TPSA) is 59.9 Å². The molecule has 0 spiro atoms. The molecule has 4 fully saturated rings. The van der Waals surface area contributed by atoms with Crippen LogP contribution in [0.3, 0.4) is 0 Å². The molecule has 0 radical (unpaired) electrons. The molecule has 0 N–H and O–H groups in total. The molecule has 37 heavy (non-hydrogen) atoms. The Morgan fingerprint density at radius 2 is 1.59 bits per heavy atom. The lowest BCUT2D eigenvalue weighted by Gasteiger charge is -2.61. The molecule has 208 valence electrons. The molecule has 0 bridgehead atoms. The summed E-state index contributed by atoms with van der Waals surface area (Å²) in [7, 11) is -3.41. The largest absolute Gasteiger partial charge is 0.247 e. The Hall–Kier alpha value is -0.970. The number of hydrogen-bond donors (Lipinski definition) is 0. The fraction of sp³-hybridized carbons (Fsp3) is 0.875. The second kappa shape index (κ2) is 10.5. The van der Waals surface area contributed by atoms with E-state index in [2.05, 4.69) is 44.6 Å². The Bertz CT molecular complexity index is 1030. The fourth-order valence-electron chi connectivity index (χ4n) is 10.4. The number of nitrogens with zero attached hydrogens (tertiary/aromatic N) is 2. The van der Waals surface area contributed by atoms with Gasteiger partial charge in [0.05, 0.1) is 5.75 Å². The molecule has 3 unspecified atom stereocenters. The van der Waals surface area contributed by atoms with Crippen molar-refractivity contribution in [2.45, 2.75) is 117 Å². The van der Waals surface area contributed by atoms with Crippen molar-refractivity contribution in [3.8, 4) is 0 Å². The molecule has 0 aliphatic heterocycles. The van der Waals surface area contributed by atoms with Crippen molar-refractivity contribution < 1.29 is 8.42 Å². The molecule has 0 saturated heterocycles. The number of hydrogen-bond acceptors (Lipinski definition) is 4. The summed E-state index contributed by atoms with van der Waals surface area (Å²) in [5, 5.41) is 0.00725. The normalized spacial score (nSPS) is 40.6. The maximum absolute atomic E-state index is 13.0. The zero-order valence-corrected chi connectivity index (χ0v) is 25.0. The van der Waals surface area contributed by atoms with E-state index in [1.54, 1.807) is 6.07 Å². The van der Waals surface area contributed by atoms with Gasteiger partial charge >= 0.3 is 0 Å². The van der Waals surface area contributed by atoms with Gasteiger partial charge in [-0.3, -0.25) is 0 Å². The molecular weight excluding hydrogens is 476 g/mol. The van der Waals surface area contributed by atoms with E-state index >= 15 is 0 Å². The van der Waals surface area contributed by atoms with E-state index in [0.29, 0.717) is 16.7 Å². The SMILES string of the molecule is CC(C)CCC[C@@H](C)[C@H]1CCC2C3CC[C@H]4C[C@@H](CS(=O)(=O)c5ncccn5)CC[C@]4(C)C3CC[C@@]21C. The molecule has 0 aromatic carbocycles. The minimum absolute atomic E-state index is 0.00725. The Morgan fingerprint density at radius 3 is 2.32 bits per heavy atom. The van der Waals surface area contributed by atoms with Gasteiger partial charge in [-0.25, -0.2) is 18.4 Å². The van der Waals surface area contributed by atoms with Crippen molar-refractivity contribution >= 4 is 9.84 Å². The highest BCUT2D eigenvalue weighted by Gasteiger charge is 2.60. The first kappa shape index (κ1) is 27.6. The van der Waals surface area contributed by atoms with Crippen molar-refractivity contribution in [1.82, 2.24) is 9.97 Å². The van der Waals surface area contributed by atoms with Gasteiger partial charge in [-0.05, 0) is 122 Å². The number of fused-ring (bicyclic) bond motifs is 5. The summed E-state index contributed by atoms with van der Waals surface area (Å²) in [6, 6.07) is 1.68. The Labute approximate surface area is 227 Å². The molecule has 5 rings (SSSR count). The van der Waals surface area contributed by atoms with Crippen LogP contribution in [0.5, 0.6) is 0 Å². The van der Waals surface area contributed by atoms with Crippen LogP contribution in [-0.2, 0) is 9.84 Å². The highest BCUT2D eigenvalue weighted by Crippen LogP contribution is 2.68. The summed E-state index contributed by atoms with van der Waals surface area (Å²) in [5.74, 6) is 6.40. The molecule has 4 aliphatic carbocycles. The number of aromatic nitrogens is 2. The van der Waals surface area contributed by atoms with Gasteiger partial charge in [0.1, 0.15) is 0 Å². The summed E-state index contributed by atoms with van der Waals surface area (Å²) in [6.07, 6.45) is 19.0. The Morgan fingerprint density at radius 1 is 0.892 bits per heavy atom. The van der Waals surface area contributed by atoms with Crippen LogP contribution in [0.25, 0.3) is 0 Å². The standard InChI is InChI=1S/C32H52N2O2S/c1-22(2)8-6-9-23(3)27-12-13-28-26-11-10-25-20-24(21-37(35,36)30-33-18-7-19-34-30)14-16-31(25,4)29(26)15-17-32(27,28)5/h7,18-19,22-29H,6,8-17,20-21H2,1-5H3/t23-,24+,25+,26?,27-,28?,29?,31+,32-/m1/s1. The molecule has 5 heteroatoms. The molecular formula is C32H52N2O2S. The van der Waals surface area contributed by atoms with Crippen LogP contribution in [0.2, 0.25) is 0 Å². The number of rotatable bonds is 8. The second-order valence-electron chi connectivity index (χ2n) is 14.6. The maximum Gasteiger partial charge on any atom is 0.247 e. The van der Waals surface area contributed by atoms with Gasteiger partial charge in [-0.15, -0.1) is 0 Å². The molecule has 9 atom stereocenters. The first-order chi connectivity index (χ1) is 17.5. The van der Waals surface area contributed by atoms with Crippen LogP contribution in [-0.4, -0.2) is 24.1 Å². The average Bonchev–Trinajstić information content (AvgIpc) is 3.22. The van der Waals surface area contributed by atoms with E-state index in [1.165, 1.54) is 76.6 Å². The summed E-state index contributed by atoms with van der Waals surface area (Å²) < 4.78 is 26.0. The van der Waals surface area contributed by atoms with Crippen LogP contribution in [0, 0.1) is 58.2 Å². The summed E-state index contributed by atoms with van der Waals surface area (Å²) in [5.41, 5.74) is 0.942. The highest BCUT2D eigenvalue weighted by molar-refractivity contribution is 7.91. The summed E-state index contributed by atoms with van der Waals surface area (Å²) in [4.78, 5) is 8.09. The third kappa shape index (κ3) is 5.16. The van der Waals surface area contributed by atoms with Crippen LogP contribution in [0.15, 0.2) is 23.6 Å². The van der Waals surface area contributed by atoms with Crippen LogP contribution in [0.1, 0.15) is 112 Å². The van der Waals surface area contributed by atoms with Crippen LogP contribution in [0.4, 0.5) is 0 Å². The zero-order chi connectivity index (χ0) is 26.4. The van der Waals surface area contributed by atoms with Crippen molar-refractivity contribution in [2.75, 3.05) is 5.75 Å². The van der Waals surface area contributed by atoms with E-state index in [4.69, 9.17) is 0 Å². The minimum atomic E-state index is -3.41. The monoisotopic (exact) mass is 528 g/mol. The van der Waals surface area contributed by atoms with Crippen molar-refractivity contribution in [2.24, 2.45) is 58.2 Å². The smallest absolute Gasteiger partial charge is 0.227 e. The van der Waals surface area contributed by atoms with Gasteiger partial charge in [-0.2, -0.15) is 0 Å². The van der Waals surface area contributed by atoms with Gasteiger partial charge in [-0.1, -0.05) is 53.9 Å². The summed E-state index contributed by atoms with van der Waals surface area (Å²) >= 11 is 0. The predicted octanol–water partition coefficient (Wildman–Crippen LogP) is 7.99. The average molecular weight is 529 g/mol. The molecule has 1 heterocycles. The quantitative estimate of drug-likeness (QED) is 0.321. The number of sulfone groups is 1. The van der Waals surface area contributed by atoms with E-state index in [9.17, 15) is 8.42 Å². The van der Waals surface area contributed by atoms with Crippen LogP contribution < -0.4 is 0 Å². The third-order valence-corrected chi connectivity index (χ3v) is 13.9. The van der Waals surface area contributed by atoms with Gasteiger partial charge in [0, 0.05) is 12.4 Å². The lowest BCUT2D eigenvalue weighted by Crippen LogP contribution is -2.54. The lowest BCUT2D eigenvalue weighted by molar-refractivity contribution is -0.120. The van der Waals surface area contributed by atoms with Gasteiger partial charge in [0.2, 0.25) is 15.0 Å². The molecule has 4 aliphatic rings. The van der Waals surface area contributed by atoms with E-state index in [-0.39, 0.29) is 16.8 Å². The fourth-order valence-corrected chi connectivity index (χ4v) is 11.9. The van der Waals surface area contributed by atoms with E-state index in [1.807, 2.05) is 0 Å². The van der Waals surface area contributed by atoms with Gasteiger partial charge in [0.25, 0.3) is 0 Å². The van der Waals surface area contributed by atoms with Gasteiger partial charge < -0.3 is 0 Å². The van der Waals surface area contributed by atoms with Crippen molar-refractivity contribution in [1.29, 1.82) is 0 Å². The molecule has 4 saturated carbocycles. The van der Waals surface area contributed by atoms with Crippen molar-refractivity contribution in [3.63, 3.8) is 0 Å². The first-order valence-electron chi connectivity index (χ1n) is 15.5. The predicted molar refractivity (Wildman–Crippen MR) is 151 cm³/mol. The summed E-state index contributed by atoms with van der Waals surface area (Å²) in [6.45, 7) is 12.6. The first-order valence-corrected chi connectivity index (χ1v) is 17.2. The zero-order valence-electron chi connectivity index (χ0n) is 24.2. The molecule has 1 aromatic heterocycles. The Kier molecular flexibility index (Phi) is 7.86.